The minimum absolute atomic E-state index is 0. The number of hydrogen-bond donors (Lipinski definition) is 0. The van der Waals surface area contributed by atoms with Gasteiger partial charge in [-0.15, -0.1) is 47.5 Å². The number of aromatic nitrogens is 2. The number of fused-ring (bicyclic) bond motifs is 5. The fourth-order valence-electron chi connectivity index (χ4n) is 7.57. The van der Waals surface area contributed by atoms with E-state index in [9.17, 15) is 1.37 Å². The molecule has 1 aliphatic rings. The molecule has 0 amide bonds. The Kier molecular flexibility index (Phi) is 8.77. The maximum absolute atomic E-state index is 9.18. The topological polar surface area (TPSA) is 38.9 Å². The van der Waals surface area contributed by atoms with Crippen molar-refractivity contribution in [3.05, 3.63) is 156 Å². The number of pyridine rings is 2. The van der Waals surface area contributed by atoms with E-state index in [0.717, 1.165) is 69.8 Å². The number of rotatable bonds is 5. The molecule has 57 heavy (non-hydrogen) atoms. The molecule has 0 N–H and O–H groups in total. The smallest absolute Gasteiger partial charge is 0.128 e. The molecule has 1 fully saturated rings. The van der Waals surface area contributed by atoms with Crippen molar-refractivity contribution in [3.63, 3.8) is 0 Å². The molecule has 9 rings (SSSR count). The molecule has 1 radical (unpaired) electrons. The third-order valence-electron chi connectivity index (χ3n) is 10.7. The molecule has 0 aliphatic heterocycles. The Balaban J connectivity index is 0.000000193. The summed E-state index contributed by atoms with van der Waals surface area (Å²) in [5.41, 5.74) is 5.91. The van der Waals surface area contributed by atoms with Gasteiger partial charge in [-0.25, -0.2) is 0 Å². The third kappa shape index (κ3) is 8.84. The molecule has 0 spiro atoms. The molecule has 1 aliphatic carbocycles. The first-order valence-electron chi connectivity index (χ1n) is 23.8. The van der Waals surface area contributed by atoms with Gasteiger partial charge in [-0.3, -0.25) is 0 Å². The van der Waals surface area contributed by atoms with E-state index in [-0.39, 0.29) is 36.8 Å². The van der Waals surface area contributed by atoms with E-state index in [1.165, 1.54) is 23.7 Å². The first-order valence-corrected chi connectivity index (χ1v) is 19.3. The molecule has 291 valence electrons. The molecule has 1 saturated carbocycles. The van der Waals surface area contributed by atoms with Crippen LogP contribution in [0, 0.1) is 36.7 Å². The molecule has 3 heterocycles. The predicted molar refractivity (Wildman–Crippen MR) is 235 cm³/mol. The van der Waals surface area contributed by atoms with E-state index in [1.807, 2.05) is 54.7 Å². The van der Waals surface area contributed by atoms with Crippen LogP contribution in [-0.4, -0.2) is 9.97 Å². The van der Waals surface area contributed by atoms with Crippen molar-refractivity contribution in [3.8, 4) is 33.6 Å². The van der Waals surface area contributed by atoms with Crippen LogP contribution in [0.2, 0.25) is 0 Å². The van der Waals surface area contributed by atoms with Crippen LogP contribution in [0.1, 0.15) is 101 Å². The van der Waals surface area contributed by atoms with E-state index < -0.39 is 31.4 Å². The zero-order valence-corrected chi connectivity index (χ0v) is 35.4. The number of nitrogens with zero attached hydrogens (tertiary/aromatic N) is 2. The van der Waals surface area contributed by atoms with Crippen LogP contribution in [0.3, 0.4) is 0 Å². The monoisotopic (exact) mass is 934 g/mol. The molecule has 0 saturated heterocycles. The minimum Gasteiger partial charge on any atom is -0.500 e. The quantitative estimate of drug-likeness (QED) is 0.161. The summed E-state index contributed by atoms with van der Waals surface area (Å²) >= 11 is 0. The molecular formula is C53H52IrN2O-2. The van der Waals surface area contributed by atoms with Crippen molar-refractivity contribution in [2.45, 2.75) is 86.3 Å². The van der Waals surface area contributed by atoms with Gasteiger partial charge in [-0.1, -0.05) is 148 Å². The van der Waals surface area contributed by atoms with Crippen molar-refractivity contribution in [1.82, 2.24) is 9.97 Å². The van der Waals surface area contributed by atoms with Gasteiger partial charge in [-0.2, -0.15) is 0 Å². The molecule has 5 aromatic carbocycles. The van der Waals surface area contributed by atoms with Crippen LogP contribution in [0.25, 0.3) is 66.4 Å². The third-order valence-corrected chi connectivity index (χ3v) is 10.7. The van der Waals surface area contributed by atoms with Gasteiger partial charge in [0.1, 0.15) is 5.58 Å². The average molecular weight is 934 g/mol. The molecule has 0 bridgehead atoms. The summed E-state index contributed by atoms with van der Waals surface area (Å²) in [5.74, 6) is -0.550. The zero-order valence-electron chi connectivity index (χ0n) is 42.0. The second-order valence-corrected chi connectivity index (χ2v) is 16.6. The molecule has 0 atom stereocenters. The van der Waals surface area contributed by atoms with Gasteiger partial charge >= 0.3 is 0 Å². The van der Waals surface area contributed by atoms with Gasteiger partial charge in [0, 0.05) is 55.6 Å². The Morgan fingerprint density at radius 3 is 2.33 bits per heavy atom. The Labute approximate surface area is 365 Å². The molecule has 0 unspecified atom stereocenters. The fraction of sp³-hybridized carbons (Fsp3) is 0.283. The van der Waals surface area contributed by atoms with E-state index in [0.29, 0.717) is 27.8 Å². The van der Waals surface area contributed by atoms with E-state index in [4.69, 9.17) is 15.4 Å². The first-order chi connectivity index (χ1) is 30.5. The van der Waals surface area contributed by atoms with Crippen molar-refractivity contribution in [2.75, 3.05) is 0 Å². The SMILES string of the molecule is [2H]C([2H])([2H])c1c[c-]c(-c2cc(C([2H])([2H])C(C)(C)C)c(C([2H])([2H])[2H])cn2)cc1-c1ccccc1.[2H]C1(c2ccnc(-c3[c-]ccc4c3oc3c5ccccc5ccc43)c2)CCC(C)(C)CC1.[Ir]. The Morgan fingerprint density at radius 1 is 0.807 bits per heavy atom. The maximum Gasteiger partial charge on any atom is 0.128 e. The largest absolute Gasteiger partial charge is 0.500 e. The minimum atomic E-state index is -2.54. The van der Waals surface area contributed by atoms with Crippen LogP contribution in [0.15, 0.2) is 126 Å². The molecular weight excluding hydrogens is 873 g/mol. The van der Waals surface area contributed by atoms with Crippen molar-refractivity contribution in [1.29, 1.82) is 0 Å². The maximum atomic E-state index is 9.18. The van der Waals surface area contributed by atoms with Crippen molar-refractivity contribution >= 4 is 32.7 Å². The van der Waals surface area contributed by atoms with Gasteiger partial charge in [0.2, 0.25) is 0 Å². The van der Waals surface area contributed by atoms with Gasteiger partial charge in [-0.05, 0) is 89.6 Å². The van der Waals surface area contributed by atoms with E-state index in [2.05, 4.69) is 78.4 Å². The normalized spacial score (nSPS) is 17.9. The molecule has 4 heteroatoms. The second kappa shape index (κ2) is 16.5. The van der Waals surface area contributed by atoms with Crippen LogP contribution in [0.4, 0.5) is 0 Å². The predicted octanol–water partition coefficient (Wildman–Crippen LogP) is 14.7. The van der Waals surface area contributed by atoms with Crippen LogP contribution in [0.5, 0.6) is 0 Å². The second-order valence-electron chi connectivity index (χ2n) is 16.6. The fourth-order valence-corrected chi connectivity index (χ4v) is 7.57. The van der Waals surface area contributed by atoms with Gasteiger partial charge in [0.15, 0.2) is 0 Å². The Bertz CT molecular complexity index is 3030. The van der Waals surface area contributed by atoms with E-state index >= 15 is 0 Å². The van der Waals surface area contributed by atoms with Crippen molar-refractivity contribution < 1.29 is 36.9 Å². The first kappa shape index (κ1) is 30.2. The summed E-state index contributed by atoms with van der Waals surface area (Å²) in [5, 5.41) is 4.47. The van der Waals surface area contributed by atoms with Crippen LogP contribution >= 0.6 is 0 Å². The van der Waals surface area contributed by atoms with Gasteiger partial charge in [0.25, 0.3) is 0 Å². The van der Waals surface area contributed by atoms with Crippen LogP contribution < -0.4 is 0 Å². The number of hydrogen-bond acceptors (Lipinski definition) is 3. The summed E-state index contributed by atoms with van der Waals surface area (Å²) < 4.78 is 80.4. The zero-order chi connectivity index (χ0) is 46.7. The Hall–Kier alpha value is -4.89. The van der Waals surface area contributed by atoms with Crippen molar-refractivity contribution in [2.24, 2.45) is 10.8 Å². The number of furan rings is 1. The summed E-state index contributed by atoms with van der Waals surface area (Å²) in [6.07, 6.45) is 4.98. The molecule has 3 aromatic heterocycles. The molecule has 8 aromatic rings. The number of benzene rings is 5. The number of aryl methyl sites for hydroxylation is 2. The van der Waals surface area contributed by atoms with E-state index in [1.54, 1.807) is 26.8 Å². The summed E-state index contributed by atoms with van der Waals surface area (Å²) in [6, 6.07) is 40.7. The summed E-state index contributed by atoms with van der Waals surface area (Å²) in [6.45, 7) is 4.86. The Morgan fingerprint density at radius 2 is 1.56 bits per heavy atom. The van der Waals surface area contributed by atoms with Gasteiger partial charge < -0.3 is 14.4 Å². The molecule has 3 nitrogen and oxygen atoms in total. The van der Waals surface area contributed by atoms with Gasteiger partial charge in [0.05, 0.1) is 5.58 Å². The summed E-state index contributed by atoms with van der Waals surface area (Å²) in [7, 11) is 0. The standard InChI is InChI=1S/C29H26NO.C24H26N.Ir/c1-29(2)15-12-19(13-16-29)21-14-17-30-26(18-21)25-9-5-8-23-24-11-10-20-6-3-4-7-22(20)27(24)31-28(23)25;1-17-11-12-20(13-22(17)19-9-7-6-8-10-19)23-14-21(15-24(3,4)5)18(2)16-25-23;/h3-8,10-11,14,17-19H,12-13,15-16H2,1-2H3;6-11,13-14,16H,15H2,1-5H3;/q2*-1;/i19D;1D3,2D3,15D2;. The van der Waals surface area contributed by atoms with Crippen LogP contribution in [-0.2, 0) is 26.5 Å². The summed E-state index contributed by atoms with van der Waals surface area (Å²) in [4.78, 5) is 8.97. The average Bonchev–Trinajstić information content (AvgIpc) is 3.66.